The Balaban J connectivity index is 1.68. The fourth-order valence-corrected chi connectivity index (χ4v) is 3.84. The van der Waals surface area contributed by atoms with Crippen molar-refractivity contribution in [3.63, 3.8) is 0 Å². The maximum Gasteiger partial charge on any atom is 0.162 e. The summed E-state index contributed by atoms with van der Waals surface area (Å²) in [7, 11) is 1.57. The molecular formula is C22H30N2O3. The highest BCUT2D eigenvalue weighted by atomic mass is 16.5. The van der Waals surface area contributed by atoms with E-state index < -0.39 is 0 Å². The molecule has 1 atom stereocenters. The molecule has 0 unspecified atom stereocenters. The normalized spacial score (nSPS) is 18.6. The summed E-state index contributed by atoms with van der Waals surface area (Å²) in [5, 5.41) is 19.9. The minimum atomic E-state index is 0.188. The van der Waals surface area contributed by atoms with E-state index in [2.05, 4.69) is 41.0 Å². The fourth-order valence-electron chi connectivity index (χ4n) is 3.84. The third-order valence-electron chi connectivity index (χ3n) is 5.48. The molecular weight excluding hydrogens is 340 g/mol. The molecule has 1 aliphatic heterocycles. The van der Waals surface area contributed by atoms with E-state index in [4.69, 9.17) is 4.74 Å². The molecule has 1 fully saturated rings. The topological polar surface area (TPSA) is 56.2 Å². The fraction of sp³-hybridized carbons (Fsp3) is 0.455. The molecule has 3 rings (SSSR count). The number of methoxy groups -OCH3 is 1. The second-order valence-corrected chi connectivity index (χ2v) is 7.27. The van der Waals surface area contributed by atoms with Gasteiger partial charge >= 0.3 is 0 Å². The molecule has 0 aliphatic carbocycles. The van der Waals surface area contributed by atoms with Gasteiger partial charge in [-0.25, -0.2) is 0 Å². The molecule has 0 amide bonds. The molecule has 0 radical (unpaired) electrons. The maximum absolute atomic E-state index is 10.4. The van der Waals surface area contributed by atoms with E-state index in [1.807, 2.05) is 12.1 Å². The van der Waals surface area contributed by atoms with Crippen LogP contribution in [-0.4, -0.2) is 59.4 Å². The van der Waals surface area contributed by atoms with Crippen molar-refractivity contribution in [3.05, 3.63) is 59.2 Å². The quantitative estimate of drug-likeness (QED) is 0.785. The van der Waals surface area contributed by atoms with Crippen molar-refractivity contribution in [1.29, 1.82) is 0 Å². The van der Waals surface area contributed by atoms with Gasteiger partial charge in [-0.1, -0.05) is 36.4 Å². The number of aromatic hydroxyl groups is 1. The number of ether oxygens (including phenoxy) is 1. The summed E-state index contributed by atoms with van der Waals surface area (Å²) in [5.74, 6) is 0.735. The average molecular weight is 370 g/mol. The second-order valence-electron chi connectivity index (χ2n) is 7.27. The minimum absolute atomic E-state index is 0.188. The van der Waals surface area contributed by atoms with E-state index in [0.717, 1.165) is 38.2 Å². The lowest BCUT2D eigenvalue weighted by Crippen LogP contribution is -2.52. The van der Waals surface area contributed by atoms with Crippen LogP contribution in [0.25, 0.3) is 0 Å². The van der Waals surface area contributed by atoms with Gasteiger partial charge in [-0.3, -0.25) is 9.80 Å². The maximum atomic E-state index is 10.4. The number of benzene rings is 2. The molecule has 1 aliphatic rings. The van der Waals surface area contributed by atoms with Crippen LogP contribution < -0.4 is 4.74 Å². The van der Waals surface area contributed by atoms with Gasteiger partial charge in [-0.15, -0.1) is 0 Å². The van der Waals surface area contributed by atoms with Gasteiger partial charge in [0.15, 0.2) is 11.5 Å². The molecule has 1 heterocycles. The zero-order valence-corrected chi connectivity index (χ0v) is 16.3. The third-order valence-corrected chi connectivity index (χ3v) is 5.48. The first kappa shape index (κ1) is 19.7. The largest absolute Gasteiger partial charge is 0.504 e. The zero-order valence-electron chi connectivity index (χ0n) is 16.3. The smallest absolute Gasteiger partial charge is 0.162 e. The Bertz CT molecular complexity index is 750. The number of piperazine rings is 1. The SMILES string of the molecule is COc1cccc(CN2CCN(Cc3ccccc3C)[C@@H](CCO)C2)c1O. The number of nitrogens with zero attached hydrogens (tertiary/aromatic N) is 2. The van der Waals surface area contributed by atoms with E-state index in [9.17, 15) is 10.2 Å². The molecule has 5 heteroatoms. The van der Waals surface area contributed by atoms with E-state index in [1.54, 1.807) is 13.2 Å². The Hall–Kier alpha value is -2.08. The first-order valence-electron chi connectivity index (χ1n) is 9.59. The number of phenols is 1. The molecule has 27 heavy (non-hydrogen) atoms. The van der Waals surface area contributed by atoms with Crippen molar-refractivity contribution < 1.29 is 14.9 Å². The summed E-state index contributed by atoms with van der Waals surface area (Å²) in [6.07, 6.45) is 0.756. The van der Waals surface area contributed by atoms with Crippen molar-refractivity contribution in [2.45, 2.75) is 32.5 Å². The number of phenolic OH excluding ortho intramolecular Hbond substituents is 1. The molecule has 2 aromatic rings. The van der Waals surface area contributed by atoms with Crippen LogP contribution in [0.5, 0.6) is 11.5 Å². The Morgan fingerprint density at radius 1 is 1.04 bits per heavy atom. The molecule has 2 aromatic carbocycles. The zero-order chi connectivity index (χ0) is 19.2. The number of para-hydroxylation sites is 1. The summed E-state index contributed by atoms with van der Waals surface area (Å²) < 4.78 is 5.22. The first-order chi connectivity index (χ1) is 13.1. The molecule has 0 spiro atoms. The summed E-state index contributed by atoms with van der Waals surface area (Å²) in [4.78, 5) is 4.82. The van der Waals surface area contributed by atoms with Gasteiger partial charge in [0.1, 0.15) is 0 Å². The lowest BCUT2D eigenvalue weighted by Gasteiger charge is -2.41. The van der Waals surface area contributed by atoms with Gasteiger partial charge in [-0.05, 0) is 30.5 Å². The van der Waals surface area contributed by atoms with Gasteiger partial charge in [-0.2, -0.15) is 0 Å². The van der Waals surface area contributed by atoms with Crippen molar-refractivity contribution in [3.8, 4) is 11.5 Å². The number of aliphatic hydroxyl groups is 1. The van der Waals surface area contributed by atoms with E-state index >= 15 is 0 Å². The highest BCUT2D eigenvalue weighted by molar-refractivity contribution is 5.45. The molecule has 2 N–H and O–H groups in total. The van der Waals surface area contributed by atoms with Gasteiger partial charge in [0.05, 0.1) is 7.11 Å². The predicted octanol–water partition coefficient (Wildman–Crippen LogP) is 2.78. The highest BCUT2D eigenvalue weighted by Crippen LogP contribution is 2.31. The molecule has 146 valence electrons. The Kier molecular flexibility index (Phi) is 6.72. The Morgan fingerprint density at radius 3 is 2.56 bits per heavy atom. The highest BCUT2D eigenvalue weighted by Gasteiger charge is 2.27. The van der Waals surface area contributed by atoms with E-state index in [-0.39, 0.29) is 12.4 Å². The van der Waals surface area contributed by atoms with Gasteiger partial charge < -0.3 is 14.9 Å². The molecule has 0 aromatic heterocycles. The standard InChI is InChI=1S/C22H30N2O3/c1-17-6-3-4-7-18(17)15-24-12-11-23(16-20(24)10-13-25)14-19-8-5-9-21(27-2)22(19)26/h3-9,20,25-26H,10-16H2,1-2H3/t20-/m0/s1. The predicted molar refractivity (Wildman–Crippen MR) is 107 cm³/mol. The lowest BCUT2D eigenvalue weighted by atomic mass is 10.0. The van der Waals surface area contributed by atoms with Crippen LogP contribution in [0.2, 0.25) is 0 Å². The van der Waals surface area contributed by atoms with Gasteiger partial charge in [0, 0.05) is 50.9 Å². The summed E-state index contributed by atoms with van der Waals surface area (Å²) >= 11 is 0. The number of aliphatic hydroxyl groups excluding tert-OH is 1. The molecule has 1 saturated heterocycles. The second kappa shape index (κ2) is 9.22. The van der Waals surface area contributed by atoms with Crippen molar-refractivity contribution in [2.24, 2.45) is 0 Å². The van der Waals surface area contributed by atoms with Crippen molar-refractivity contribution in [1.82, 2.24) is 9.80 Å². The third kappa shape index (κ3) is 4.80. The summed E-state index contributed by atoms with van der Waals surface area (Å²) in [5.41, 5.74) is 3.53. The van der Waals surface area contributed by atoms with E-state index in [0.29, 0.717) is 18.3 Å². The van der Waals surface area contributed by atoms with Crippen LogP contribution >= 0.6 is 0 Å². The van der Waals surface area contributed by atoms with Crippen molar-refractivity contribution >= 4 is 0 Å². The monoisotopic (exact) mass is 370 g/mol. The first-order valence-corrected chi connectivity index (χ1v) is 9.59. The van der Waals surface area contributed by atoms with E-state index in [1.165, 1.54) is 11.1 Å². The van der Waals surface area contributed by atoms with Gasteiger partial charge in [0.2, 0.25) is 0 Å². The lowest BCUT2D eigenvalue weighted by molar-refractivity contribution is 0.0495. The molecule has 5 nitrogen and oxygen atoms in total. The van der Waals surface area contributed by atoms with Crippen LogP contribution in [0.1, 0.15) is 23.1 Å². The number of hydrogen-bond donors (Lipinski definition) is 2. The van der Waals surface area contributed by atoms with Crippen LogP contribution in [-0.2, 0) is 13.1 Å². The van der Waals surface area contributed by atoms with Gasteiger partial charge in [0.25, 0.3) is 0 Å². The molecule has 0 saturated carbocycles. The number of aryl methyl sites for hydroxylation is 1. The van der Waals surface area contributed by atoms with Crippen molar-refractivity contribution in [2.75, 3.05) is 33.4 Å². The number of rotatable bonds is 7. The summed E-state index contributed by atoms with van der Waals surface area (Å²) in [6.45, 7) is 6.70. The van der Waals surface area contributed by atoms with Crippen LogP contribution in [0.4, 0.5) is 0 Å². The molecule has 0 bridgehead atoms. The minimum Gasteiger partial charge on any atom is -0.504 e. The number of hydrogen-bond acceptors (Lipinski definition) is 5. The average Bonchev–Trinajstić information content (AvgIpc) is 2.67. The van der Waals surface area contributed by atoms with Crippen LogP contribution in [0.3, 0.4) is 0 Å². The van der Waals surface area contributed by atoms with Crippen LogP contribution in [0.15, 0.2) is 42.5 Å². The van der Waals surface area contributed by atoms with Crippen LogP contribution in [0, 0.1) is 6.92 Å². The Labute approximate surface area is 161 Å². The summed E-state index contributed by atoms with van der Waals surface area (Å²) in [6, 6.07) is 14.4. The Morgan fingerprint density at radius 2 is 1.81 bits per heavy atom.